The van der Waals surface area contributed by atoms with Crippen molar-refractivity contribution in [2.45, 2.75) is 24.7 Å². The Morgan fingerprint density at radius 3 is 2.84 bits per heavy atom. The van der Waals surface area contributed by atoms with Crippen LogP contribution in [0.5, 0.6) is 0 Å². The molecule has 1 fully saturated rings. The molecule has 0 bridgehead atoms. The average molecular weight is 359 g/mol. The summed E-state index contributed by atoms with van der Waals surface area (Å²) in [7, 11) is 0. The lowest BCUT2D eigenvalue weighted by Crippen LogP contribution is -2.53. The maximum absolute atomic E-state index is 12.1. The zero-order valence-electron chi connectivity index (χ0n) is 13.2. The maximum atomic E-state index is 12.1. The van der Waals surface area contributed by atoms with Gasteiger partial charge in [-0.05, 0) is 6.92 Å². The highest BCUT2D eigenvalue weighted by atomic mass is 19.4. The van der Waals surface area contributed by atoms with Gasteiger partial charge >= 0.3 is 6.18 Å². The van der Waals surface area contributed by atoms with E-state index in [1.807, 2.05) is 0 Å². The van der Waals surface area contributed by atoms with E-state index in [1.54, 1.807) is 6.92 Å². The van der Waals surface area contributed by atoms with Gasteiger partial charge < -0.3 is 15.2 Å². The Hall–Kier alpha value is -2.40. The van der Waals surface area contributed by atoms with Crippen LogP contribution in [0, 0.1) is 6.92 Å². The molecule has 1 amide bonds. The smallest absolute Gasteiger partial charge is 0.411 e. The van der Waals surface area contributed by atoms with Crippen molar-refractivity contribution in [2.75, 3.05) is 19.8 Å². The Morgan fingerprint density at radius 2 is 2.28 bits per heavy atom. The molecule has 2 aliphatic rings. The van der Waals surface area contributed by atoms with Crippen LogP contribution < -0.4 is 11.2 Å². The van der Waals surface area contributed by atoms with Gasteiger partial charge in [0.15, 0.2) is 5.54 Å². The van der Waals surface area contributed by atoms with Crippen LogP contribution in [0.4, 0.5) is 13.2 Å². The summed E-state index contributed by atoms with van der Waals surface area (Å²) in [5, 5.41) is 1.49. The second-order valence-electron chi connectivity index (χ2n) is 5.79. The molecule has 3 N–H and O–H groups in total. The molecule has 2 atom stereocenters. The van der Waals surface area contributed by atoms with Gasteiger partial charge in [0.1, 0.15) is 12.7 Å². The van der Waals surface area contributed by atoms with Crippen molar-refractivity contribution in [3.63, 3.8) is 0 Å². The summed E-state index contributed by atoms with van der Waals surface area (Å²) in [6, 6.07) is 0. The number of rotatable bonds is 5. The number of amides is 1. The molecule has 25 heavy (non-hydrogen) atoms. The minimum Gasteiger partial charge on any atom is -0.471 e. The number of ether oxygens (including phenoxy) is 2. The van der Waals surface area contributed by atoms with Crippen molar-refractivity contribution in [1.29, 1.82) is 0 Å². The fourth-order valence-electron chi connectivity index (χ4n) is 2.58. The van der Waals surface area contributed by atoms with Gasteiger partial charge in [0.25, 0.3) is 0 Å². The Kier molecular flexibility index (Phi) is 4.29. The van der Waals surface area contributed by atoms with Crippen LogP contribution >= 0.6 is 0 Å². The van der Waals surface area contributed by atoms with E-state index in [9.17, 15) is 18.0 Å². The van der Waals surface area contributed by atoms with E-state index in [4.69, 9.17) is 10.5 Å². The van der Waals surface area contributed by atoms with Crippen LogP contribution in [0.15, 0.2) is 24.4 Å². The number of nitrogens with zero attached hydrogens (tertiary/aromatic N) is 3. The molecular formula is C14H16F3N5O3. The Labute approximate surface area is 140 Å². The highest BCUT2D eigenvalue weighted by molar-refractivity contribution is 5.88. The zero-order valence-corrected chi connectivity index (χ0v) is 13.2. The van der Waals surface area contributed by atoms with Crippen molar-refractivity contribution in [3.05, 3.63) is 35.7 Å². The summed E-state index contributed by atoms with van der Waals surface area (Å²) in [5.41, 5.74) is 7.97. The minimum absolute atomic E-state index is 0.192. The number of hydrogen-bond acceptors (Lipinski definition) is 7. The molecule has 0 spiro atoms. The number of primary amides is 1. The predicted molar refractivity (Wildman–Crippen MR) is 77.3 cm³/mol. The second kappa shape index (κ2) is 6.15. The molecular weight excluding hydrogens is 343 g/mol. The number of hydrogen-bond donors (Lipinski definition) is 2. The van der Waals surface area contributed by atoms with E-state index in [0.29, 0.717) is 11.4 Å². The molecule has 11 heteroatoms. The quantitative estimate of drug-likeness (QED) is 0.769. The lowest BCUT2D eigenvalue weighted by Gasteiger charge is -2.26. The number of aryl methyl sites for hydroxylation is 1. The minimum atomic E-state index is -4.39. The first-order valence-electron chi connectivity index (χ1n) is 7.38. The number of fused-ring (bicyclic) bond motifs is 1. The predicted octanol–water partition coefficient (Wildman–Crippen LogP) is 0.105. The number of halogens is 3. The van der Waals surface area contributed by atoms with Gasteiger partial charge in [-0.15, -0.1) is 0 Å². The van der Waals surface area contributed by atoms with Crippen LogP contribution in [0.25, 0.3) is 0 Å². The lowest BCUT2D eigenvalue weighted by molar-refractivity contribution is -0.178. The van der Waals surface area contributed by atoms with Gasteiger partial charge in [0.05, 0.1) is 30.7 Å². The highest BCUT2D eigenvalue weighted by Crippen LogP contribution is 2.34. The molecule has 136 valence electrons. The third-order valence-corrected chi connectivity index (χ3v) is 3.73. The summed E-state index contributed by atoms with van der Waals surface area (Å²) >= 11 is 0. The third kappa shape index (κ3) is 3.51. The van der Waals surface area contributed by atoms with Gasteiger partial charge in [0.2, 0.25) is 11.8 Å². The molecule has 2 aliphatic heterocycles. The summed E-state index contributed by atoms with van der Waals surface area (Å²) in [4.78, 5) is 20.3. The fraction of sp³-hybridized carbons (Fsp3) is 0.500. The lowest BCUT2D eigenvalue weighted by atomic mass is 9.96. The van der Waals surface area contributed by atoms with E-state index in [1.165, 1.54) is 23.5 Å². The monoisotopic (exact) mass is 359 g/mol. The van der Waals surface area contributed by atoms with Crippen molar-refractivity contribution < 1.29 is 27.4 Å². The molecule has 0 saturated carbocycles. The number of nitrogens with one attached hydrogen (secondary N) is 1. The number of carbonyl (C=O) groups is 1. The SMILES string of the molecule is Cc1cnc(C2(C(N)=O)C=C3O[C@@H](COCC(F)(F)F)CN3N2)cn1. The molecule has 8 nitrogen and oxygen atoms in total. The summed E-state index contributed by atoms with van der Waals surface area (Å²) in [6.45, 7) is 0.367. The molecule has 1 aromatic rings. The molecule has 0 aliphatic carbocycles. The van der Waals surface area contributed by atoms with Gasteiger partial charge in [0, 0.05) is 12.3 Å². The van der Waals surface area contributed by atoms with Crippen LogP contribution in [0.2, 0.25) is 0 Å². The Morgan fingerprint density at radius 1 is 1.52 bits per heavy atom. The second-order valence-corrected chi connectivity index (χ2v) is 5.79. The Balaban J connectivity index is 1.71. The van der Waals surface area contributed by atoms with Crippen molar-refractivity contribution in [1.82, 2.24) is 20.4 Å². The number of nitrogens with two attached hydrogens (primary N) is 1. The fourth-order valence-corrected chi connectivity index (χ4v) is 2.58. The van der Waals surface area contributed by atoms with Crippen LogP contribution in [0.3, 0.4) is 0 Å². The van der Waals surface area contributed by atoms with Crippen LogP contribution in [-0.2, 0) is 19.8 Å². The largest absolute Gasteiger partial charge is 0.471 e. The van der Waals surface area contributed by atoms with Crippen molar-refractivity contribution in [3.8, 4) is 0 Å². The standard InChI is InChI=1S/C14H16F3N5O3/c1-8-3-20-10(4-19-8)13(12(18)23)2-11-22(21-13)5-9(25-11)6-24-7-14(15,16)17/h2-4,9,21H,5-7H2,1H3,(H2,18,23)/t9-,13?/m1/s1. The van der Waals surface area contributed by atoms with Crippen LogP contribution in [-0.4, -0.2) is 52.9 Å². The number of carbonyl (C=O) groups excluding carboxylic acids is 1. The van der Waals surface area contributed by atoms with E-state index >= 15 is 0 Å². The van der Waals surface area contributed by atoms with E-state index in [0.717, 1.165) is 0 Å². The topological polar surface area (TPSA) is 103 Å². The van der Waals surface area contributed by atoms with Gasteiger partial charge in [-0.1, -0.05) is 0 Å². The van der Waals surface area contributed by atoms with E-state index in [2.05, 4.69) is 20.1 Å². The van der Waals surface area contributed by atoms with Crippen LogP contribution in [0.1, 0.15) is 11.4 Å². The molecule has 3 heterocycles. The first-order valence-corrected chi connectivity index (χ1v) is 7.38. The highest BCUT2D eigenvalue weighted by Gasteiger charge is 2.49. The maximum Gasteiger partial charge on any atom is 0.411 e. The van der Waals surface area contributed by atoms with Gasteiger partial charge in [-0.25, -0.2) is 5.43 Å². The molecule has 1 aromatic heterocycles. The summed E-state index contributed by atoms with van der Waals surface area (Å²) in [5.74, 6) is -0.428. The third-order valence-electron chi connectivity index (χ3n) is 3.73. The first kappa shape index (κ1) is 17.4. The summed E-state index contributed by atoms with van der Waals surface area (Å²) in [6.07, 6.45) is -0.624. The van der Waals surface area contributed by atoms with Crippen molar-refractivity contribution >= 4 is 5.91 Å². The van der Waals surface area contributed by atoms with Gasteiger partial charge in [-0.2, -0.15) is 13.2 Å². The molecule has 1 saturated heterocycles. The number of hydrazine groups is 1. The van der Waals surface area contributed by atoms with Crippen molar-refractivity contribution in [2.24, 2.45) is 5.73 Å². The normalized spacial score (nSPS) is 25.5. The zero-order chi connectivity index (χ0) is 18.2. The average Bonchev–Trinajstić information content (AvgIpc) is 3.03. The molecule has 0 radical (unpaired) electrons. The Bertz CT molecular complexity index is 694. The molecule has 1 unspecified atom stereocenters. The summed E-state index contributed by atoms with van der Waals surface area (Å²) < 4.78 is 46.4. The first-order chi connectivity index (χ1) is 11.7. The number of aromatic nitrogens is 2. The molecule has 3 rings (SSSR count). The van der Waals surface area contributed by atoms with E-state index < -0.39 is 30.3 Å². The van der Waals surface area contributed by atoms with Gasteiger partial charge in [-0.3, -0.25) is 19.8 Å². The number of alkyl halides is 3. The van der Waals surface area contributed by atoms with E-state index in [-0.39, 0.29) is 19.0 Å². The molecule has 0 aromatic carbocycles.